The lowest BCUT2D eigenvalue weighted by molar-refractivity contribution is 0.102. The molecule has 0 saturated carbocycles. The minimum Gasteiger partial charge on any atom is -0.497 e. The second-order valence-electron chi connectivity index (χ2n) is 8.80. The number of aryl methyl sites for hydroxylation is 1. The molecule has 0 atom stereocenters. The number of anilines is 2. The number of carbonyl (C=O) groups excluding carboxylic acids is 1. The number of carbonyl (C=O) groups is 1. The number of hydrogen-bond acceptors (Lipinski definition) is 5. The van der Waals surface area contributed by atoms with Crippen molar-refractivity contribution in [2.24, 2.45) is 0 Å². The van der Waals surface area contributed by atoms with E-state index in [1.807, 2.05) is 18.2 Å². The zero-order valence-electron chi connectivity index (χ0n) is 20.1. The standard InChI is InChI=1S/C27H31N3O4S/c1-20-9-14-25(35(32,33)29-22-10-12-24(34-2)13-11-22)18-26(20)27(31)28-23-8-6-7-21(17-23)19-30-15-4-3-5-16-30/h6-14,17-18,29H,3-5,15-16,19H2,1-2H3,(H,28,31). The third kappa shape index (κ3) is 6.41. The van der Waals surface area contributed by atoms with Crippen LogP contribution in [0.2, 0.25) is 0 Å². The van der Waals surface area contributed by atoms with Gasteiger partial charge in [0.25, 0.3) is 15.9 Å². The summed E-state index contributed by atoms with van der Waals surface area (Å²) in [5.41, 5.74) is 3.23. The number of sulfonamides is 1. The minimum atomic E-state index is -3.88. The quantitative estimate of drug-likeness (QED) is 0.459. The highest BCUT2D eigenvalue weighted by atomic mass is 32.2. The predicted octanol–water partition coefficient (Wildman–Crippen LogP) is 5.04. The van der Waals surface area contributed by atoms with Gasteiger partial charge in [0.1, 0.15) is 5.75 Å². The van der Waals surface area contributed by atoms with Crippen LogP contribution in [0.25, 0.3) is 0 Å². The molecule has 3 aromatic rings. The molecule has 4 rings (SSSR count). The van der Waals surface area contributed by atoms with Crippen molar-refractivity contribution in [2.75, 3.05) is 30.2 Å². The van der Waals surface area contributed by atoms with Crippen molar-refractivity contribution in [3.8, 4) is 5.75 Å². The van der Waals surface area contributed by atoms with Gasteiger partial charge >= 0.3 is 0 Å². The molecule has 1 amide bonds. The summed E-state index contributed by atoms with van der Waals surface area (Å²) < 4.78 is 33.6. The Kier molecular flexibility index (Phi) is 7.73. The van der Waals surface area contributed by atoms with E-state index in [1.54, 1.807) is 44.4 Å². The Morgan fingerprint density at radius 1 is 0.943 bits per heavy atom. The summed E-state index contributed by atoms with van der Waals surface area (Å²) in [6.07, 6.45) is 3.74. The van der Waals surface area contributed by atoms with Gasteiger partial charge in [0.2, 0.25) is 0 Å². The van der Waals surface area contributed by atoms with Gasteiger partial charge in [-0.15, -0.1) is 0 Å². The molecule has 1 aliphatic rings. The molecule has 1 saturated heterocycles. The number of benzene rings is 3. The summed E-state index contributed by atoms with van der Waals surface area (Å²) >= 11 is 0. The van der Waals surface area contributed by atoms with Crippen LogP contribution in [0.5, 0.6) is 5.75 Å². The van der Waals surface area contributed by atoms with Crippen LogP contribution >= 0.6 is 0 Å². The smallest absolute Gasteiger partial charge is 0.261 e. The van der Waals surface area contributed by atoms with Crippen molar-refractivity contribution in [1.82, 2.24) is 4.90 Å². The molecule has 3 aromatic carbocycles. The summed E-state index contributed by atoms with van der Waals surface area (Å²) in [7, 11) is -2.33. The van der Waals surface area contributed by atoms with E-state index in [1.165, 1.54) is 31.4 Å². The maximum atomic E-state index is 13.1. The average Bonchev–Trinajstić information content (AvgIpc) is 2.85. The average molecular weight is 494 g/mol. The lowest BCUT2D eigenvalue weighted by Crippen LogP contribution is -2.29. The lowest BCUT2D eigenvalue weighted by atomic mass is 10.1. The number of hydrogen-bond donors (Lipinski definition) is 2. The van der Waals surface area contributed by atoms with Crippen molar-refractivity contribution in [3.63, 3.8) is 0 Å². The largest absolute Gasteiger partial charge is 0.497 e. The van der Waals surface area contributed by atoms with Gasteiger partial charge in [0, 0.05) is 23.5 Å². The number of likely N-dealkylation sites (tertiary alicyclic amines) is 1. The molecular weight excluding hydrogens is 462 g/mol. The van der Waals surface area contributed by atoms with Crippen molar-refractivity contribution in [2.45, 2.75) is 37.6 Å². The van der Waals surface area contributed by atoms with Crippen LogP contribution in [0.1, 0.15) is 40.7 Å². The first-order chi connectivity index (χ1) is 16.8. The highest BCUT2D eigenvalue weighted by Gasteiger charge is 2.19. The monoisotopic (exact) mass is 493 g/mol. The topological polar surface area (TPSA) is 87.7 Å². The summed E-state index contributed by atoms with van der Waals surface area (Å²) in [5.74, 6) is 0.279. The van der Waals surface area contributed by atoms with E-state index >= 15 is 0 Å². The second-order valence-corrected chi connectivity index (χ2v) is 10.5. The Labute approximate surface area is 207 Å². The molecule has 7 nitrogen and oxygen atoms in total. The summed E-state index contributed by atoms with van der Waals surface area (Å²) in [6, 6.07) is 19.0. The third-order valence-electron chi connectivity index (χ3n) is 6.15. The van der Waals surface area contributed by atoms with Crippen molar-refractivity contribution >= 4 is 27.3 Å². The van der Waals surface area contributed by atoms with E-state index in [2.05, 4.69) is 21.0 Å². The van der Waals surface area contributed by atoms with E-state index in [0.717, 1.165) is 25.2 Å². The predicted molar refractivity (Wildman–Crippen MR) is 139 cm³/mol. The van der Waals surface area contributed by atoms with E-state index in [0.29, 0.717) is 28.3 Å². The van der Waals surface area contributed by atoms with Gasteiger partial charge in [-0.05, 0) is 92.5 Å². The van der Waals surface area contributed by atoms with E-state index in [4.69, 9.17) is 4.74 Å². The molecule has 0 aliphatic carbocycles. The van der Waals surface area contributed by atoms with E-state index in [-0.39, 0.29) is 10.8 Å². The number of methoxy groups -OCH3 is 1. The highest BCUT2D eigenvalue weighted by Crippen LogP contribution is 2.23. The number of piperidine rings is 1. The van der Waals surface area contributed by atoms with Gasteiger partial charge in [0.05, 0.1) is 12.0 Å². The van der Waals surface area contributed by atoms with Gasteiger partial charge in [-0.2, -0.15) is 0 Å². The van der Waals surface area contributed by atoms with Gasteiger partial charge in [-0.3, -0.25) is 14.4 Å². The fourth-order valence-corrected chi connectivity index (χ4v) is 5.29. The van der Waals surface area contributed by atoms with Crippen LogP contribution in [0.4, 0.5) is 11.4 Å². The first-order valence-electron chi connectivity index (χ1n) is 11.7. The Morgan fingerprint density at radius 2 is 1.69 bits per heavy atom. The summed E-state index contributed by atoms with van der Waals surface area (Å²) in [5, 5.41) is 2.93. The Bertz CT molecular complexity index is 1280. The molecule has 0 bridgehead atoms. The number of ether oxygens (including phenoxy) is 1. The van der Waals surface area contributed by atoms with Crippen LogP contribution < -0.4 is 14.8 Å². The number of rotatable bonds is 8. The first kappa shape index (κ1) is 24.8. The normalized spacial score (nSPS) is 14.3. The second kappa shape index (κ2) is 10.9. The van der Waals surface area contributed by atoms with Crippen LogP contribution in [-0.2, 0) is 16.6 Å². The van der Waals surface area contributed by atoms with Gasteiger partial charge < -0.3 is 10.1 Å². The van der Waals surface area contributed by atoms with Crippen molar-refractivity contribution < 1.29 is 17.9 Å². The molecule has 184 valence electrons. The van der Waals surface area contributed by atoms with Gasteiger partial charge in [-0.1, -0.05) is 24.6 Å². The first-order valence-corrected chi connectivity index (χ1v) is 13.2. The van der Waals surface area contributed by atoms with Crippen molar-refractivity contribution in [1.29, 1.82) is 0 Å². The fraction of sp³-hybridized carbons (Fsp3) is 0.296. The van der Waals surface area contributed by atoms with Crippen molar-refractivity contribution in [3.05, 3.63) is 83.4 Å². The van der Waals surface area contributed by atoms with Crippen LogP contribution in [-0.4, -0.2) is 39.4 Å². The molecule has 2 N–H and O–H groups in total. The Hall–Kier alpha value is -3.36. The number of nitrogens with one attached hydrogen (secondary N) is 2. The molecule has 0 radical (unpaired) electrons. The SMILES string of the molecule is COc1ccc(NS(=O)(=O)c2ccc(C)c(C(=O)Nc3cccc(CN4CCCCC4)c3)c2)cc1. The highest BCUT2D eigenvalue weighted by molar-refractivity contribution is 7.92. The van der Waals surface area contributed by atoms with Crippen LogP contribution in [0.15, 0.2) is 71.6 Å². The molecule has 0 aromatic heterocycles. The van der Waals surface area contributed by atoms with Crippen LogP contribution in [0, 0.1) is 6.92 Å². The molecular formula is C27H31N3O4S. The molecule has 8 heteroatoms. The molecule has 0 spiro atoms. The molecule has 1 aliphatic heterocycles. The molecule has 1 heterocycles. The van der Waals surface area contributed by atoms with E-state index < -0.39 is 10.0 Å². The maximum Gasteiger partial charge on any atom is 0.261 e. The summed E-state index contributed by atoms with van der Waals surface area (Å²) in [6.45, 7) is 4.84. The number of amides is 1. The van der Waals surface area contributed by atoms with Gasteiger partial charge in [0.15, 0.2) is 0 Å². The minimum absolute atomic E-state index is 0.0166. The summed E-state index contributed by atoms with van der Waals surface area (Å²) in [4.78, 5) is 15.5. The maximum absolute atomic E-state index is 13.1. The van der Waals surface area contributed by atoms with Gasteiger partial charge in [-0.25, -0.2) is 8.42 Å². The third-order valence-corrected chi connectivity index (χ3v) is 7.52. The molecule has 0 unspecified atom stereocenters. The molecule has 1 fully saturated rings. The zero-order valence-corrected chi connectivity index (χ0v) is 20.9. The zero-order chi connectivity index (χ0) is 24.8. The van der Waals surface area contributed by atoms with Crippen LogP contribution in [0.3, 0.4) is 0 Å². The number of nitrogens with zero attached hydrogens (tertiary/aromatic N) is 1. The van der Waals surface area contributed by atoms with E-state index in [9.17, 15) is 13.2 Å². The Morgan fingerprint density at radius 3 is 2.40 bits per heavy atom. The Balaban J connectivity index is 1.49. The molecule has 35 heavy (non-hydrogen) atoms. The fourth-order valence-electron chi connectivity index (χ4n) is 4.21. The lowest BCUT2D eigenvalue weighted by Gasteiger charge is -2.26.